The first-order valence-corrected chi connectivity index (χ1v) is 4.11. The van der Waals surface area contributed by atoms with E-state index in [-0.39, 0.29) is 18.3 Å². The molecule has 2 rings (SSSR count). The molecule has 0 aromatic heterocycles. The zero-order valence-corrected chi connectivity index (χ0v) is 7.69. The van der Waals surface area contributed by atoms with Crippen LogP contribution in [0.5, 0.6) is 11.5 Å². The lowest BCUT2D eigenvalue weighted by Gasteiger charge is -2.05. The maximum atomic E-state index is 13.3. The van der Waals surface area contributed by atoms with Crippen molar-refractivity contribution in [3.05, 3.63) is 23.0 Å². The van der Waals surface area contributed by atoms with Crippen LogP contribution in [0.1, 0.15) is 20.7 Å². The Bertz CT molecular complexity index is 495. The molecular formula is C9H5FO6. The molecule has 2 N–H and O–H groups in total. The second-order valence-corrected chi connectivity index (χ2v) is 2.96. The number of hydrogen-bond donors (Lipinski definition) is 2. The molecule has 0 amide bonds. The number of rotatable bonds is 2. The van der Waals surface area contributed by atoms with Gasteiger partial charge in [-0.2, -0.15) is 0 Å². The smallest absolute Gasteiger partial charge is 0.340 e. The normalized spacial score (nSPS) is 12.6. The van der Waals surface area contributed by atoms with Gasteiger partial charge in [0, 0.05) is 0 Å². The molecule has 0 unspecified atom stereocenters. The molecule has 6 nitrogen and oxygen atoms in total. The molecular weight excluding hydrogens is 223 g/mol. The van der Waals surface area contributed by atoms with Gasteiger partial charge in [-0.15, -0.1) is 0 Å². The second kappa shape index (κ2) is 3.37. The van der Waals surface area contributed by atoms with Crippen LogP contribution in [0.4, 0.5) is 4.39 Å². The zero-order chi connectivity index (χ0) is 11.9. The van der Waals surface area contributed by atoms with Gasteiger partial charge < -0.3 is 19.7 Å². The first-order chi connectivity index (χ1) is 7.52. The van der Waals surface area contributed by atoms with Gasteiger partial charge in [-0.05, 0) is 6.07 Å². The monoisotopic (exact) mass is 228 g/mol. The molecule has 84 valence electrons. The van der Waals surface area contributed by atoms with Crippen LogP contribution in [0.2, 0.25) is 0 Å². The van der Waals surface area contributed by atoms with Gasteiger partial charge >= 0.3 is 11.9 Å². The molecule has 1 aliphatic rings. The van der Waals surface area contributed by atoms with E-state index < -0.39 is 28.9 Å². The van der Waals surface area contributed by atoms with Crippen molar-refractivity contribution in [1.82, 2.24) is 0 Å². The summed E-state index contributed by atoms with van der Waals surface area (Å²) in [5.41, 5.74) is -1.28. The first-order valence-electron chi connectivity index (χ1n) is 4.11. The summed E-state index contributed by atoms with van der Waals surface area (Å²) in [5, 5.41) is 17.6. The van der Waals surface area contributed by atoms with Crippen LogP contribution in [-0.4, -0.2) is 28.9 Å². The summed E-state index contributed by atoms with van der Waals surface area (Å²) in [7, 11) is 0. The van der Waals surface area contributed by atoms with Crippen molar-refractivity contribution in [2.24, 2.45) is 0 Å². The SMILES string of the molecule is O=C(O)c1cc(F)c2c(c1C(=O)O)OCO2. The molecule has 7 heteroatoms. The van der Waals surface area contributed by atoms with Gasteiger partial charge in [0.25, 0.3) is 0 Å². The van der Waals surface area contributed by atoms with Crippen molar-refractivity contribution in [3.8, 4) is 11.5 Å². The lowest BCUT2D eigenvalue weighted by molar-refractivity contribution is 0.0647. The summed E-state index contributed by atoms with van der Waals surface area (Å²) in [6.07, 6.45) is 0. The third-order valence-corrected chi connectivity index (χ3v) is 2.04. The Labute approximate surface area is 87.8 Å². The summed E-state index contributed by atoms with van der Waals surface area (Å²) in [6, 6.07) is 0.597. The second-order valence-electron chi connectivity index (χ2n) is 2.96. The Morgan fingerprint density at radius 2 is 1.81 bits per heavy atom. The minimum absolute atomic E-state index is 0.338. The minimum atomic E-state index is -1.55. The number of benzene rings is 1. The Morgan fingerprint density at radius 3 is 2.38 bits per heavy atom. The maximum Gasteiger partial charge on any atom is 0.340 e. The molecule has 1 aromatic carbocycles. The molecule has 0 aliphatic carbocycles. The van der Waals surface area contributed by atoms with E-state index in [0.29, 0.717) is 6.07 Å². The topological polar surface area (TPSA) is 93.1 Å². The van der Waals surface area contributed by atoms with Crippen LogP contribution in [0, 0.1) is 5.82 Å². The van der Waals surface area contributed by atoms with Crippen LogP contribution in [-0.2, 0) is 0 Å². The Kier molecular flexibility index (Phi) is 2.15. The van der Waals surface area contributed by atoms with E-state index >= 15 is 0 Å². The summed E-state index contributed by atoms with van der Waals surface area (Å²) >= 11 is 0. The van der Waals surface area contributed by atoms with Crippen LogP contribution in [0.3, 0.4) is 0 Å². The number of halogens is 1. The maximum absolute atomic E-state index is 13.3. The molecule has 1 heterocycles. The molecule has 16 heavy (non-hydrogen) atoms. The average molecular weight is 228 g/mol. The minimum Gasteiger partial charge on any atom is -0.478 e. The molecule has 0 saturated heterocycles. The van der Waals surface area contributed by atoms with E-state index in [4.69, 9.17) is 19.7 Å². The summed E-state index contributed by atoms with van der Waals surface area (Å²) in [6.45, 7) is -0.338. The van der Waals surface area contributed by atoms with Gasteiger partial charge in [-0.25, -0.2) is 14.0 Å². The predicted octanol–water partition coefficient (Wildman–Crippen LogP) is 0.951. The first kappa shape index (κ1) is 10.2. The Morgan fingerprint density at radius 1 is 1.19 bits per heavy atom. The molecule has 0 atom stereocenters. The number of carboxylic acids is 2. The number of fused-ring (bicyclic) bond motifs is 1. The van der Waals surface area contributed by atoms with Gasteiger partial charge in [0.05, 0.1) is 5.56 Å². The predicted molar refractivity (Wildman–Crippen MR) is 46.4 cm³/mol. The van der Waals surface area contributed by atoms with Crippen LogP contribution < -0.4 is 9.47 Å². The average Bonchev–Trinajstić information content (AvgIpc) is 2.65. The Hall–Kier alpha value is -2.31. The highest BCUT2D eigenvalue weighted by atomic mass is 19.1. The van der Waals surface area contributed by atoms with Crippen molar-refractivity contribution in [3.63, 3.8) is 0 Å². The fourth-order valence-electron chi connectivity index (χ4n) is 1.41. The van der Waals surface area contributed by atoms with E-state index in [1.54, 1.807) is 0 Å². The fourth-order valence-corrected chi connectivity index (χ4v) is 1.41. The van der Waals surface area contributed by atoms with Gasteiger partial charge in [-0.3, -0.25) is 0 Å². The summed E-state index contributed by atoms with van der Waals surface area (Å²) < 4.78 is 22.8. The summed E-state index contributed by atoms with van der Waals surface area (Å²) in [4.78, 5) is 21.6. The standard InChI is InChI=1S/C9H5FO6/c10-4-1-3(8(11)12)5(9(13)14)7-6(4)15-2-16-7/h1H,2H2,(H,11,12)(H,13,14). The highest BCUT2D eigenvalue weighted by Gasteiger charge is 2.31. The van der Waals surface area contributed by atoms with Crippen molar-refractivity contribution in [2.45, 2.75) is 0 Å². The largest absolute Gasteiger partial charge is 0.478 e. The molecule has 0 bridgehead atoms. The number of carbonyl (C=O) groups is 2. The Balaban J connectivity index is 2.77. The number of hydrogen-bond acceptors (Lipinski definition) is 4. The van der Waals surface area contributed by atoms with E-state index in [2.05, 4.69) is 0 Å². The van der Waals surface area contributed by atoms with Crippen molar-refractivity contribution in [1.29, 1.82) is 0 Å². The quantitative estimate of drug-likeness (QED) is 0.782. The third kappa shape index (κ3) is 1.33. The molecule has 1 aliphatic heterocycles. The molecule has 1 aromatic rings. The van der Waals surface area contributed by atoms with Gasteiger partial charge in [-0.1, -0.05) is 0 Å². The fraction of sp³-hybridized carbons (Fsp3) is 0.111. The molecule has 0 saturated carbocycles. The number of aromatic carboxylic acids is 2. The molecule has 0 spiro atoms. The lowest BCUT2D eigenvalue weighted by atomic mass is 10.1. The van der Waals surface area contributed by atoms with E-state index in [1.807, 2.05) is 0 Å². The lowest BCUT2D eigenvalue weighted by Crippen LogP contribution is -2.10. The third-order valence-electron chi connectivity index (χ3n) is 2.04. The molecule has 0 radical (unpaired) electrons. The van der Waals surface area contributed by atoms with Crippen molar-refractivity contribution < 1.29 is 33.7 Å². The number of carboxylic acid groups (broad SMARTS) is 2. The zero-order valence-electron chi connectivity index (χ0n) is 7.69. The van der Waals surface area contributed by atoms with Crippen LogP contribution in [0.25, 0.3) is 0 Å². The van der Waals surface area contributed by atoms with E-state index in [0.717, 1.165) is 0 Å². The van der Waals surface area contributed by atoms with E-state index in [1.165, 1.54) is 0 Å². The van der Waals surface area contributed by atoms with Crippen LogP contribution >= 0.6 is 0 Å². The van der Waals surface area contributed by atoms with Crippen molar-refractivity contribution >= 4 is 11.9 Å². The molecule has 0 fully saturated rings. The van der Waals surface area contributed by atoms with Gasteiger partial charge in [0.2, 0.25) is 12.5 Å². The highest BCUT2D eigenvalue weighted by Crippen LogP contribution is 2.40. The van der Waals surface area contributed by atoms with Gasteiger partial charge in [0.15, 0.2) is 11.6 Å². The number of ether oxygens (including phenoxy) is 2. The highest BCUT2D eigenvalue weighted by molar-refractivity contribution is 6.04. The summed E-state index contributed by atoms with van der Waals surface area (Å²) in [5.74, 6) is -4.78. The van der Waals surface area contributed by atoms with E-state index in [9.17, 15) is 14.0 Å². The van der Waals surface area contributed by atoms with Gasteiger partial charge in [0.1, 0.15) is 5.56 Å². The van der Waals surface area contributed by atoms with Crippen LogP contribution in [0.15, 0.2) is 6.07 Å². The van der Waals surface area contributed by atoms with Crippen molar-refractivity contribution in [2.75, 3.05) is 6.79 Å².